The number of rotatable bonds is 9. The number of carbonyl (C=O) groups is 1. The summed E-state index contributed by atoms with van der Waals surface area (Å²) in [4.78, 5) is 10.4. The topological polar surface area (TPSA) is 55.8 Å². The molecule has 0 bridgehead atoms. The molecule has 0 spiro atoms. The van der Waals surface area contributed by atoms with E-state index in [1.54, 1.807) is 24.3 Å². The third kappa shape index (κ3) is 5.87. The molecular formula is C18H20O4. The zero-order valence-corrected chi connectivity index (χ0v) is 12.4. The largest absolute Gasteiger partial charge is 0.494 e. The van der Waals surface area contributed by atoms with Crippen molar-refractivity contribution in [1.29, 1.82) is 0 Å². The highest BCUT2D eigenvalue weighted by Crippen LogP contribution is 2.18. The third-order valence-corrected chi connectivity index (χ3v) is 3.16. The highest BCUT2D eigenvalue weighted by molar-refractivity contribution is 5.68. The molecule has 0 heterocycles. The van der Waals surface area contributed by atoms with Crippen molar-refractivity contribution in [1.82, 2.24) is 0 Å². The molecular weight excluding hydrogens is 280 g/mol. The fourth-order valence-corrected chi connectivity index (χ4v) is 2.04. The van der Waals surface area contributed by atoms with Gasteiger partial charge in [0.25, 0.3) is 0 Å². The molecule has 0 atom stereocenters. The predicted octanol–water partition coefficient (Wildman–Crippen LogP) is 3.55. The average Bonchev–Trinajstić information content (AvgIpc) is 2.54. The number of benzene rings is 2. The van der Waals surface area contributed by atoms with Gasteiger partial charge in [0.15, 0.2) is 6.61 Å². The maximum Gasteiger partial charge on any atom is 0.341 e. The molecule has 2 rings (SSSR count). The lowest BCUT2D eigenvalue weighted by Gasteiger charge is -2.08. The quantitative estimate of drug-likeness (QED) is 0.720. The van der Waals surface area contributed by atoms with Crippen LogP contribution >= 0.6 is 0 Å². The van der Waals surface area contributed by atoms with E-state index in [2.05, 4.69) is 24.3 Å². The SMILES string of the molecule is O=C(O)COc1ccc(OCCCCc2ccccc2)cc1. The van der Waals surface area contributed by atoms with Crippen LogP contribution in [0.1, 0.15) is 18.4 Å². The summed E-state index contributed by atoms with van der Waals surface area (Å²) in [6.45, 7) is 0.335. The first kappa shape index (κ1) is 15.9. The second-order valence-corrected chi connectivity index (χ2v) is 4.94. The van der Waals surface area contributed by atoms with Crippen molar-refractivity contribution < 1.29 is 19.4 Å². The zero-order chi connectivity index (χ0) is 15.6. The summed E-state index contributed by atoms with van der Waals surface area (Å²) in [5.41, 5.74) is 1.35. The van der Waals surface area contributed by atoms with E-state index in [4.69, 9.17) is 14.6 Å². The number of ether oxygens (including phenoxy) is 2. The Morgan fingerprint density at radius 1 is 0.864 bits per heavy atom. The van der Waals surface area contributed by atoms with Gasteiger partial charge in [-0.2, -0.15) is 0 Å². The molecule has 4 nitrogen and oxygen atoms in total. The second-order valence-electron chi connectivity index (χ2n) is 4.94. The molecule has 0 aliphatic heterocycles. The summed E-state index contributed by atoms with van der Waals surface area (Å²) in [6, 6.07) is 17.4. The Labute approximate surface area is 130 Å². The van der Waals surface area contributed by atoms with E-state index in [0.717, 1.165) is 25.0 Å². The molecule has 0 unspecified atom stereocenters. The second kappa shape index (κ2) is 8.72. The van der Waals surface area contributed by atoms with E-state index >= 15 is 0 Å². The zero-order valence-electron chi connectivity index (χ0n) is 12.4. The number of hydrogen-bond donors (Lipinski definition) is 1. The molecule has 0 saturated carbocycles. The van der Waals surface area contributed by atoms with Crippen molar-refractivity contribution in [2.24, 2.45) is 0 Å². The van der Waals surface area contributed by atoms with Gasteiger partial charge in [-0.3, -0.25) is 0 Å². The minimum absolute atomic E-state index is 0.334. The number of unbranched alkanes of at least 4 members (excludes halogenated alkanes) is 1. The summed E-state index contributed by atoms with van der Waals surface area (Å²) >= 11 is 0. The summed E-state index contributed by atoms with van der Waals surface area (Å²) in [7, 11) is 0. The van der Waals surface area contributed by atoms with Crippen LogP contribution in [0.2, 0.25) is 0 Å². The lowest BCUT2D eigenvalue weighted by Crippen LogP contribution is -2.09. The Morgan fingerprint density at radius 3 is 2.14 bits per heavy atom. The van der Waals surface area contributed by atoms with E-state index in [1.165, 1.54) is 5.56 Å². The Hall–Kier alpha value is -2.49. The van der Waals surface area contributed by atoms with Gasteiger partial charge in [-0.25, -0.2) is 4.79 Å². The van der Waals surface area contributed by atoms with Gasteiger partial charge < -0.3 is 14.6 Å². The first-order valence-corrected chi connectivity index (χ1v) is 7.35. The lowest BCUT2D eigenvalue weighted by molar-refractivity contribution is -0.139. The minimum atomic E-state index is -0.987. The number of carboxylic acids is 1. The van der Waals surface area contributed by atoms with Crippen molar-refractivity contribution in [3.8, 4) is 11.5 Å². The maximum atomic E-state index is 10.4. The van der Waals surface area contributed by atoms with E-state index in [0.29, 0.717) is 12.4 Å². The van der Waals surface area contributed by atoms with Gasteiger partial charge in [-0.05, 0) is 49.1 Å². The van der Waals surface area contributed by atoms with E-state index < -0.39 is 5.97 Å². The molecule has 1 N–H and O–H groups in total. The van der Waals surface area contributed by atoms with E-state index in [9.17, 15) is 4.79 Å². The van der Waals surface area contributed by atoms with Gasteiger partial charge >= 0.3 is 5.97 Å². The highest BCUT2D eigenvalue weighted by Gasteiger charge is 2.00. The van der Waals surface area contributed by atoms with Crippen molar-refractivity contribution in [2.75, 3.05) is 13.2 Å². The number of aryl methyl sites for hydroxylation is 1. The van der Waals surface area contributed by atoms with Crippen LogP contribution < -0.4 is 9.47 Å². The smallest absolute Gasteiger partial charge is 0.341 e. The number of carboxylic acid groups (broad SMARTS) is 1. The molecule has 0 amide bonds. The third-order valence-electron chi connectivity index (χ3n) is 3.16. The molecule has 2 aromatic rings. The fraction of sp³-hybridized carbons (Fsp3) is 0.278. The van der Waals surface area contributed by atoms with Crippen molar-refractivity contribution in [3.05, 3.63) is 60.2 Å². The van der Waals surface area contributed by atoms with Crippen molar-refractivity contribution in [2.45, 2.75) is 19.3 Å². The summed E-state index contributed by atoms with van der Waals surface area (Å²) in [5.74, 6) is 0.306. The normalized spacial score (nSPS) is 10.2. The van der Waals surface area contributed by atoms with Crippen molar-refractivity contribution in [3.63, 3.8) is 0 Å². The standard InChI is InChI=1S/C18H20O4/c19-18(20)14-22-17-11-9-16(10-12-17)21-13-5-4-8-15-6-2-1-3-7-15/h1-3,6-7,9-12H,4-5,8,13-14H2,(H,19,20). The summed E-state index contributed by atoms with van der Waals surface area (Å²) < 4.78 is 10.7. The van der Waals surface area contributed by atoms with Gasteiger partial charge in [0, 0.05) is 0 Å². The van der Waals surface area contributed by atoms with Gasteiger partial charge in [-0.15, -0.1) is 0 Å². The van der Waals surface area contributed by atoms with Gasteiger partial charge in [0.05, 0.1) is 6.61 Å². The van der Waals surface area contributed by atoms with Crippen LogP contribution in [0.4, 0.5) is 0 Å². The Morgan fingerprint density at radius 2 is 1.50 bits per heavy atom. The molecule has 116 valence electrons. The molecule has 4 heteroatoms. The van der Waals surface area contributed by atoms with Crippen LogP contribution in [0.25, 0.3) is 0 Å². The van der Waals surface area contributed by atoms with Crippen LogP contribution in [0.15, 0.2) is 54.6 Å². The van der Waals surface area contributed by atoms with Gasteiger partial charge in [-0.1, -0.05) is 30.3 Å². The predicted molar refractivity (Wildman–Crippen MR) is 84.4 cm³/mol. The average molecular weight is 300 g/mol. The molecule has 0 aromatic heterocycles. The van der Waals surface area contributed by atoms with Crippen LogP contribution in [0.5, 0.6) is 11.5 Å². The monoisotopic (exact) mass is 300 g/mol. The van der Waals surface area contributed by atoms with Crippen LogP contribution in [0.3, 0.4) is 0 Å². The molecule has 2 aromatic carbocycles. The number of hydrogen-bond acceptors (Lipinski definition) is 3. The van der Waals surface area contributed by atoms with Crippen molar-refractivity contribution >= 4 is 5.97 Å². The Bertz CT molecular complexity index is 563. The molecule has 0 fully saturated rings. The van der Waals surface area contributed by atoms with Crippen LogP contribution in [-0.4, -0.2) is 24.3 Å². The summed E-state index contributed by atoms with van der Waals surface area (Å²) in [5, 5.41) is 8.53. The first-order chi connectivity index (χ1) is 10.7. The first-order valence-electron chi connectivity index (χ1n) is 7.35. The van der Waals surface area contributed by atoms with Gasteiger partial charge in [0.2, 0.25) is 0 Å². The maximum absolute atomic E-state index is 10.4. The highest BCUT2D eigenvalue weighted by atomic mass is 16.5. The fourth-order valence-electron chi connectivity index (χ4n) is 2.04. The molecule has 0 saturated heterocycles. The molecule has 0 aliphatic carbocycles. The Balaban J connectivity index is 1.63. The molecule has 0 aliphatic rings. The van der Waals surface area contributed by atoms with Crippen LogP contribution in [0, 0.1) is 0 Å². The lowest BCUT2D eigenvalue weighted by atomic mass is 10.1. The minimum Gasteiger partial charge on any atom is -0.494 e. The van der Waals surface area contributed by atoms with Gasteiger partial charge in [0.1, 0.15) is 11.5 Å². The Kier molecular flexibility index (Phi) is 6.30. The molecule has 22 heavy (non-hydrogen) atoms. The molecule has 0 radical (unpaired) electrons. The van der Waals surface area contributed by atoms with Crippen LogP contribution in [-0.2, 0) is 11.2 Å². The van der Waals surface area contributed by atoms with E-state index in [-0.39, 0.29) is 6.61 Å². The van der Waals surface area contributed by atoms with E-state index in [1.807, 2.05) is 6.07 Å². The number of aliphatic carboxylic acids is 1. The summed E-state index contributed by atoms with van der Waals surface area (Å²) in [6.07, 6.45) is 3.14.